The third-order valence-corrected chi connectivity index (χ3v) is 5.94. The van der Waals surface area contributed by atoms with Gasteiger partial charge in [-0.25, -0.2) is 0 Å². The number of benzene rings is 3. The first-order valence-corrected chi connectivity index (χ1v) is 10.5. The second kappa shape index (κ2) is 8.30. The van der Waals surface area contributed by atoms with Gasteiger partial charge in [0.05, 0.1) is 12.8 Å². The summed E-state index contributed by atoms with van der Waals surface area (Å²) in [5.74, 6) is 1.14. The van der Waals surface area contributed by atoms with E-state index in [4.69, 9.17) is 4.74 Å². The fraction of sp³-hybridized carbons (Fsp3) is 0.154. The topological polar surface area (TPSA) is 14.2 Å². The first-order chi connectivity index (χ1) is 14.1. The molecule has 2 nitrogen and oxygen atoms in total. The smallest absolute Gasteiger partial charge is 0.118 e. The van der Waals surface area contributed by atoms with Crippen molar-refractivity contribution in [2.24, 2.45) is 7.05 Å². The van der Waals surface area contributed by atoms with Crippen LogP contribution < -0.4 is 4.74 Å². The van der Waals surface area contributed by atoms with Crippen LogP contribution in [-0.4, -0.2) is 11.7 Å². The van der Waals surface area contributed by atoms with Gasteiger partial charge in [-0.05, 0) is 59.2 Å². The summed E-state index contributed by atoms with van der Waals surface area (Å²) in [5.41, 5.74) is 6.25. The zero-order valence-corrected chi connectivity index (χ0v) is 18.5. The molecule has 0 N–H and O–H groups in total. The van der Waals surface area contributed by atoms with Crippen LogP contribution in [0.5, 0.6) is 5.75 Å². The van der Waals surface area contributed by atoms with E-state index in [1.54, 1.807) is 7.11 Å². The Morgan fingerprint density at radius 2 is 1.62 bits per heavy atom. The molecule has 0 aliphatic carbocycles. The highest BCUT2D eigenvalue weighted by Crippen LogP contribution is 2.39. The Balaban J connectivity index is 1.82. The number of ether oxygens (including phenoxy) is 1. The number of halogens is 1. The maximum absolute atomic E-state index is 5.35. The van der Waals surface area contributed by atoms with Crippen LogP contribution in [0, 0.1) is 0 Å². The molecule has 4 rings (SSSR count). The molecule has 0 amide bonds. The number of aromatic nitrogens is 1. The highest BCUT2D eigenvalue weighted by atomic mass is 79.9. The number of allylic oxidation sites excluding steroid dienone is 1. The minimum absolute atomic E-state index is 0.266. The van der Waals surface area contributed by atoms with Gasteiger partial charge in [0.1, 0.15) is 5.75 Å². The maximum Gasteiger partial charge on any atom is 0.118 e. The van der Waals surface area contributed by atoms with Crippen LogP contribution in [-0.2, 0) is 7.05 Å². The van der Waals surface area contributed by atoms with E-state index in [0.717, 1.165) is 10.2 Å². The number of methoxy groups -OCH3 is 1. The van der Waals surface area contributed by atoms with E-state index in [2.05, 4.69) is 107 Å². The van der Waals surface area contributed by atoms with Crippen LogP contribution in [0.15, 0.2) is 83.3 Å². The Labute approximate surface area is 180 Å². The molecule has 0 saturated carbocycles. The first-order valence-electron chi connectivity index (χ1n) is 9.74. The van der Waals surface area contributed by atoms with Crippen LogP contribution in [0.4, 0.5) is 0 Å². The predicted octanol–water partition coefficient (Wildman–Crippen LogP) is 7.43. The lowest BCUT2D eigenvalue weighted by Gasteiger charge is -2.13. The molecule has 146 valence electrons. The molecule has 3 aromatic carbocycles. The fourth-order valence-corrected chi connectivity index (χ4v) is 4.17. The summed E-state index contributed by atoms with van der Waals surface area (Å²) in [6.07, 6.45) is 4.49. The normalized spacial score (nSPS) is 12.6. The Bertz CT molecular complexity index is 1150. The van der Waals surface area contributed by atoms with E-state index < -0.39 is 0 Å². The molecule has 4 aromatic rings. The lowest BCUT2D eigenvalue weighted by Crippen LogP contribution is -1.97. The van der Waals surface area contributed by atoms with Crippen molar-refractivity contribution >= 4 is 32.9 Å². The summed E-state index contributed by atoms with van der Waals surface area (Å²) in [6, 6.07) is 25.4. The molecule has 1 aromatic heterocycles. The van der Waals surface area contributed by atoms with Gasteiger partial charge in [0, 0.05) is 28.3 Å². The van der Waals surface area contributed by atoms with Crippen molar-refractivity contribution in [2.75, 3.05) is 7.11 Å². The molecule has 1 heterocycles. The van der Waals surface area contributed by atoms with Crippen LogP contribution in [0.25, 0.3) is 28.2 Å². The molecule has 0 radical (unpaired) electrons. The molecular weight excluding hydrogens is 422 g/mol. The van der Waals surface area contributed by atoms with Crippen LogP contribution in [0.1, 0.15) is 24.0 Å². The third kappa shape index (κ3) is 3.88. The molecule has 3 heteroatoms. The standard InChI is InChI=1S/C26H24BrNO/c1-18(8-9-19-10-14-21(27)15-11-19)25-23-6-4-5-7-24(23)28(2)26(25)20-12-16-22(29-3)17-13-20/h4-18H,1-3H3/b9-8+/t18-/m1/s1. The number of hydrogen-bond acceptors (Lipinski definition) is 1. The minimum atomic E-state index is 0.266. The monoisotopic (exact) mass is 445 g/mol. The van der Waals surface area contributed by atoms with E-state index in [-0.39, 0.29) is 5.92 Å². The molecule has 0 fully saturated rings. The van der Waals surface area contributed by atoms with Gasteiger partial charge in [-0.1, -0.05) is 65.3 Å². The Hall–Kier alpha value is -2.78. The van der Waals surface area contributed by atoms with E-state index in [1.807, 2.05) is 12.1 Å². The van der Waals surface area contributed by atoms with Crippen molar-refractivity contribution in [3.05, 3.63) is 94.5 Å². The largest absolute Gasteiger partial charge is 0.497 e. The number of rotatable bonds is 5. The van der Waals surface area contributed by atoms with Crippen molar-refractivity contribution < 1.29 is 4.74 Å². The number of aryl methyl sites for hydroxylation is 1. The summed E-state index contributed by atoms with van der Waals surface area (Å²) in [6.45, 7) is 2.27. The van der Waals surface area contributed by atoms with Gasteiger partial charge < -0.3 is 9.30 Å². The lowest BCUT2D eigenvalue weighted by molar-refractivity contribution is 0.415. The quantitative estimate of drug-likeness (QED) is 0.311. The third-order valence-electron chi connectivity index (χ3n) is 5.41. The van der Waals surface area contributed by atoms with E-state index in [0.29, 0.717) is 0 Å². The summed E-state index contributed by atoms with van der Waals surface area (Å²) >= 11 is 3.50. The minimum Gasteiger partial charge on any atom is -0.497 e. The molecule has 29 heavy (non-hydrogen) atoms. The zero-order valence-electron chi connectivity index (χ0n) is 16.9. The number of nitrogens with zero attached hydrogens (tertiary/aromatic N) is 1. The first kappa shape index (κ1) is 19.5. The van der Waals surface area contributed by atoms with Crippen molar-refractivity contribution in [3.63, 3.8) is 0 Å². The average Bonchev–Trinajstić information content (AvgIpc) is 3.06. The molecular formula is C26H24BrNO. The highest BCUT2D eigenvalue weighted by Gasteiger charge is 2.19. The number of hydrogen-bond donors (Lipinski definition) is 0. The lowest BCUT2D eigenvalue weighted by atomic mass is 9.93. The second-order valence-electron chi connectivity index (χ2n) is 7.27. The fourth-order valence-electron chi connectivity index (χ4n) is 3.91. The van der Waals surface area contributed by atoms with Gasteiger partial charge in [0.15, 0.2) is 0 Å². The molecule has 0 aliphatic heterocycles. The molecule has 0 unspecified atom stereocenters. The van der Waals surface area contributed by atoms with Crippen LogP contribution in [0.3, 0.4) is 0 Å². The predicted molar refractivity (Wildman–Crippen MR) is 126 cm³/mol. The van der Waals surface area contributed by atoms with Gasteiger partial charge in [0.2, 0.25) is 0 Å². The van der Waals surface area contributed by atoms with Crippen molar-refractivity contribution in [3.8, 4) is 17.0 Å². The Morgan fingerprint density at radius 3 is 2.31 bits per heavy atom. The van der Waals surface area contributed by atoms with Gasteiger partial charge >= 0.3 is 0 Å². The van der Waals surface area contributed by atoms with Crippen LogP contribution in [0.2, 0.25) is 0 Å². The average molecular weight is 446 g/mol. The maximum atomic E-state index is 5.35. The van der Waals surface area contributed by atoms with Gasteiger partial charge in [-0.3, -0.25) is 0 Å². The van der Waals surface area contributed by atoms with Crippen molar-refractivity contribution in [1.82, 2.24) is 4.57 Å². The summed E-state index contributed by atoms with van der Waals surface area (Å²) in [7, 11) is 3.85. The number of para-hydroxylation sites is 1. The molecule has 0 aliphatic rings. The SMILES string of the molecule is COc1ccc(-c2c([C@H](C)/C=C/c3ccc(Br)cc3)c3ccccc3n2C)cc1. The zero-order chi connectivity index (χ0) is 20.4. The van der Waals surface area contributed by atoms with Crippen LogP contribution >= 0.6 is 15.9 Å². The molecule has 0 saturated heterocycles. The van der Waals surface area contributed by atoms with E-state index in [1.165, 1.54) is 33.3 Å². The Morgan fingerprint density at radius 1 is 0.931 bits per heavy atom. The van der Waals surface area contributed by atoms with Gasteiger partial charge in [-0.15, -0.1) is 0 Å². The van der Waals surface area contributed by atoms with E-state index >= 15 is 0 Å². The number of fused-ring (bicyclic) bond motifs is 1. The van der Waals surface area contributed by atoms with Crippen molar-refractivity contribution in [1.29, 1.82) is 0 Å². The second-order valence-corrected chi connectivity index (χ2v) is 8.18. The highest BCUT2D eigenvalue weighted by molar-refractivity contribution is 9.10. The molecule has 0 spiro atoms. The molecule has 0 bridgehead atoms. The van der Waals surface area contributed by atoms with E-state index in [9.17, 15) is 0 Å². The summed E-state index contributed by atoms with van der Waals surface area (Å²) in [4.78, 5) is 0. The van der Waals surface area contributed by atoms with Gasteiger partial charge in [-0.2, -0.15) is 0 Å². The van der Waals surface area contributed by atoms with Crippen molar-refractivity contribution in [2.45, 2.75) is 12.8 Å². The summed E-state index contributed by atoms with van der Waals surface area (Å²) in [5, 5.41) is 1.30. The Kier molecular flexibility index (Phi) is 5.59. The summed E-state index contributed by atoms with van der Waals surface area (Å²) < 4.78 is 8.74. The molecule has 1 atom stereocenters. The van der Waals surface area contributed by atoms with Gasteiger partial charge in [0.25, 0.3) is 0 Å².